The first-order valence-electron chi connectivity index (χ1n) is 4.91. The molecule has 0 spiro atoms. The predicted octanol–water partition coefficient (Wildman–Crippen LogP) is 1.02. The van der Waals surface area contributed by atoms with E-state index in [0.717, 1.165) is 12.8 Å². The fourth-order valence-corrected chi connectivity index (χ4v) is 1.37. The van der Waals surface area contributed by atoms with E-state index < -0.39 is 11.9 Å². The molecule has 0 aliphatic heterocycles. The van der Waals surface area contributed by atoms with Crippen LogP contribution in [-0.2, 0) is 0 Å². The molecule has 0 heterocycles. The van der Waals surface area contributed by atoms with Crippen LogP contribution in [0.3, 0.4) is 0 Å². The van der Waals surface area contributed by atoms with Crippen LogP contribution in [0.2, 0.25) is 0 Å². The molecule has 1 aliphatic carbocycles. The number of carbonyl (C=O) groups is 2. The van der Waals surface area contributed by atoms with E-state index >= 15 is 0 Å². The van der Waals surface area contributed by atoms with Crippen molar-refractivity contribution >= 4 is 11.9 Å². The van der Waals surface area contributed by atoms with Crippen LogP contribution in [-0.4, -0.2) is 23.1 Å². The van der Waals surface area contributed by atoms with E-state index in [9.17, 15) is 9.59 Å². The van der Waals surface area contributed by atoms with Crippen LogP contribution in [0.15, 0.2) is 18.2 Å². The maximum atomic E-state index is 11.0. The van der Waals surface area contributed by atoms with E-state index in [4.69, 9.17) is 15.6 Å². The zero-order valence-corrected chi connectivity index (χ0v) is 8.47. The molecule has 0 radical (unpaired) electrons. The number of primary amides is 1. The first kappa shape index (κ1) is 10.5. The number of amides is 1. The minimum atomic E-state index is -1.19. The summed E-state index contributed by atoms with van der Waals surface area (Å²) in [7, 11) is 0. The molecule has 0 aromatic heterocycles. The lowest BCUT2D eigenvalue weighted by atomic mass is 10.1. The van der Waals surface area contributed by atoms with Crippen molar-refractivity contribution in [1.29, 1.82) is 0 Å². The molecule has 16 heavy (non-hydrogen) atoms. The Morgan fingerprint density at radius 2 is 2.00 bits per heavy atom. The summed E-state index contributed by atoms with van der Waals surface area (Å²) in [5, 5.41) is 8.93. The van der Waals surface area contributed by atoms with Gasteiger partial charge in [-0.2, -0.15) is 0 Å². The number of carboxylic acids is 1. The summed E-state index contributed by atoms with van der Waals surface area (Å²) in [6, 6.07) is 4.27. The third kappa shape index (κ3) is 2.13. The Kier molecular flexibility index (Phi) is 2.52. The van der Waals surface area contributed by atoms with Crippen LogP contribution in [0, 0.1) is 0 Å². The summed E-state index contributed by atoms with van der Waals surface area (Å²) >= 11 is 0. The fourth-order valence-electron chi connectivity index (χ4n) is 1.37. The molecule has 3 N–H and O–H groups in total. The average Bonchev–Trinajstić information content (AvgIpc) is 3.01. The van der Waals surface area contributed by atoms with Crippen molar-refractivity contribution in [2.45, 2.75) is 18.9 Å². The molecular weight excluding hydrogens is 210 g/mol. The lowest BCUT2D eigenvalue weighted by Crippen LogP contribution is -2.16. The molecule has 0 atom stereocenters. The van der Waals surface area contributed by atoms with E-state index in [0.29, 0.717) is 5.75 Å². The molecular formula is C11H11NO4. The molecule has 2 rings (SSSR count). The van der Waals surface area contributed by atoms with Crippen molar-refractivity contribution in [3.8, 4) is 5.75 Å². The zero-order chi connectivity index (χ0) is 11.7. The second kappa shape index (κ2) is 3.84. The van der Waals surface area contributed by atoms with Crippen molar-refractivity contribution in [3.63, 3.8) is 0 Å². The summed E-state index contributed by atoms with van der Waals surface area (Å²) in [5.74, 6) is -1.48. The lowest BCUT2D eigenvalue weighted by molar-refractivity contribution is 0.0691. The van der Waals surface area contributed by atoms with E-state index in [1.165, 1.54) is 12.1 Å². The van der Waals surface area contributed by atoms with Gasteiger partial charge in [-0.15, -0.1) is 0 Å². The van der Waals surface area contributed by atoms with Gasteiger partial charge in [0.05, 0.1) is 17.2 Å². The van der Waals surface area contributed by atoms with Gasteiger partial charge in [-0.25, -0.2) is 4.79 Å². The van der Waals surface area contributed by atoms with Crippen LogP contribution < -0.4 is 10.5 Å². The van der Waals surface area contributed by atoms with E-state index in [1.807, 2.05) is 0 Å². The highest BCUT2D eigenvalue weighted by Gasteiger charge is 2.24. The maximum Gasteiger partial charge on any atom is 0.336 e. The minimum Gasteiger partial charge on any atom is -0.490 e. The standard InChI is InChI=1S/C11H11NO4/c12-10(13)8-4-3-7(16-6-1-2-6)5-9(8)11(14)15/h3-6H,1-2H2,(H2,12,13)(H,14,15). The summed E-state index contributed by atoms with van der Waals surface area (Å²) in [4.78, 5) is 21.9. The smallest absolute Gasteiger partial charge is 0.336 e. The second-order valence-corrected chi connectivity index (χ2v) is 3.69. The molecule has 0 saturated heterocycles. The Hall–Kier alpha value is -2.04. The van der Waals surface area contributed by atoms with Gasteiger partial charge in [0.1, 0.15) is 5.75 Å². The number of rotatable bonds is 4. The number of benzene rings is 1. The summed E-state index contributed by atoms with van der Waals surface area (Å²) < 4.78 is 5.44. The first-order valence-corrected chi connectivity index (χ1v) is 4.91. The van der Waals surface area contributed by atoms with Crippen LogP contribution in [0.4, 0.5) is 0 Å². The third-order valence-electron chi connectivity index (χ3n) is 2.31. The van der Waals surface area contributed by atoms with Gasteiger partial charge in [-0.1, -0.05) is 0 Å². The van der Waals surface area contributed by atoms with Gasteiger partial charge in [0.25, 0.3) is 0 Å². The van der Waals surface area contributed by atoms with Crippen LogP contribution in [0.25, 0.3) is 0 Å². The SMILES string of the molecule is NC(=O)c1ccc(OC2CC2)cc1C(=O)O. The summed E-state index contributed by atoms with van der Waals surface area (Å²) in [5.41, 5.74) is 4.95. The second-order valence-electron chi connectivity index (χ2n) is 3.69. The van der Waals surface area contributed by atoms with E-state index in [2.05, 4.69) is 0 Å². The highest BCUT2D eigenvalue weighted by molar-refractivity contribution is 6.04. The van der Waals surface area contributed by atoms with Crippen LogP contribution in [0.5, 0.6) is 5.75 Å². The van der Waals surface area contributed by atoms with Gasteiger partial charge in [0.2, 0.25) is 5.91 Å². The van der Waals surface area contributed by atoms with Crippen molar-refractivity contribution in [3.05, 3.63) is 29.3 Å². The number of carbonyl (C=O) groups excluding carboxylic acids is 1. The van der Waals surface area contributed by atoms with Gasteiger partial charge in [0.15, 0.2) is 0 Å². The molecule has 1 saturated carbocycles. The van der Waals surface area contributed by atoms with Gasteiger partial charge in [-0.3, -0.25) is 4.79 Å². The number of ether oxygens (including phenoxy) is 1. The highest BCUT2D eigenvalue weighted by atomic mass is 16.5. The molecule has 5 nitrogen and oxygen atoms in total. The Labute approximate surface area is 91.8 Å². The molecule has 1 amide bonds. The Bertz CT molecular complexity index is 451. The topological polar surface area (TPSA) is 89.6 Å². The van der Waals surface area contributed by atoms with Crippen molar-refractivity contribution in [1.82, 2.24) is 0 Å². The van der Waals surface area contributed by atoms with Gasteiger partial charge in [-0.05, 0) is 31.0 Å². The minimum absolute atomic E-state index is 0.00403. The normalized spacial score (nSPS) is 14.5. The van der Waals surface area contributed by atoms with Crippen LogP contribution >= 0.6 is 0 Å². The van der Waals surface area contributed by atoms with Crippen LogP contribution in [0.1, 0.15) is 33.6 Å². The average molecular weight is 221 g/mol. The molecule has 5 heteroatoms. The Morgan fingerprint density at radius 3 is 2.50 bits per heavy atom. The lowest BCUT2D eigenvalue weighted by Gasteiger charge is -2.07. The quantitative estimate of drug-likeness (QED) is 0.794. The number of carboxylic acid groups (broad SMARTS) is 1. The predicted molar refractivity (Wildman–Crippen MR) is 55.6 cm³/mol. The Balaban J connectivity index is 2.34. The number of nitrogens with two attached hydrogens (primary N) is 1. The Morgan fingerprint density at radius 1 is 1.31 bits per heavy atom. The van der Waals surface area contributed by atoms with E-state index in [-0.39, 0.29) is 17.2 Å². The zero-order valence-electron chi connectivity index (χ0n) is 8.47. The fraction of sp³-hybridized carbons (Fsp3) is 0.273. The molecule has 0 unspecified atom stereocenters. The molecule has 84 valence electrons. The van der Waals surface area contributed by atoms with E-state index in [1.54, 1.807) is 6.07 Å². The van der Waals surface area contributed by atoms with Gasteiger partial charge < -0.3 is 15.6 Å². The number of hydrogen-bond donors (Lipinski definition) is 2. The van der Waals surface area contributed by atoms with Gasteiger partial charge >= 0.3 is 5.97 Å². The molecule has 0 bridgehead atoms. The highest BCUT2D eigenvalue weighted by Crippen LogP contribution is 2.28. The largest absolute Gasteiger partial charge is 0.490 e. The molecule has 1 aromatic carbocycles. The van der Waals surface area contributed by atoms with Gasteiger partial charge in [0, 0.05) is 0 Å². The maximum absolute atomic E-state index is 11.0. The first-order chi connectivity index (χ1) is 7.58. The molecule has 1 fully saturated rings. The number of hydrogen-bond acceptors (Lipinski definition) is 3. The molecule has 1 aromatic rings. The number of aromatic carboxylic acids is 1. The monoisotopic (exact) mass is 221 g/mol. The molecule has 1 aliphatic rings. The summed E-state index contributed by atoms with van der Waals surface area (Å²) in [6.07, 6.45) is 2.15. The van der Waals surface area contributed by atoms with Crippen molar-refractivity contribution < 1.29 is 19.4 Å². The van der Waals surface area contributed by atoms with Crippen molar-refractivity contribution in [2.24, 2.45) is 5.73 Å². The van der Waals surface area contributed by atoms with Crippen molar-refractivity contribution in [2.75, 3.05) is 0 Å². The summed E-state index contributed by atoms with van der Waals surface area (Å²) in [6.45, 7) is 0. The third-order valence-corrected chi connectivity index (χ3v) is 2.31.